The average molecular weight is 299 g/mol. The molecule has 0 atom stereocenters. The third-order valence-corrected chi connectivity index (χ3v) is 3.96. The SMILES string of the molecule is Fc1ccc(-c2cccc3nc(-c4ccccc4)ccc23)cc1. The quantitative estimate of drug-likeness (QED) is 0.462. The van der Waals surface area contributed by atoms with Crippen molar-refractivity contribution in [2.24, 2.45) is 0 Å². The maximum atomic E-state index is 13.1. The maximum absolute atomic E-state index is 13.1. The molecule has 23 heavy (non-hydrogen) atoms. The summed E-state index contributed by atoms with van der Waals surface area (Å²) in [5.41, 5.74) is 5.05. The average Bonchev–Trinajstić information content (AvgIpc) is 2.62. The number of hydrogen-bond donors (Lipinski definition) is 0. The summed E-state index contributed by atoms with van der Waals surface area (Å²) in [5.74, 6) is -0.224. The minimum atomic E-state index is -0.224. The van der Waals surface area contributed by atoms with Crippen LogP contribution in [-0.4, -0.2) is 4.98 Å². The Labute approximate surface area is 134 Å². The second-order valence-corrected chi connectivity index (χ2v) is 5.44. The molecule has 1 aromatic heterocycles. The van der Waals surface area contributed by atoms with E-state index in [2.05, 4.69) is 18.2 Å². The lowest BCUT2D eigenvalue weighted by Gasteiger charge is -2.08. The number of fused-ring (bicyclic) bond motifs is 1. The minimum Gasteiger partial charge on any atom is -0.248 e. The monoisotopic (exact) mass is 299 g/mol. The maximum Gasteiger partial charge on any atom is 0.123 e. The Morgan fingerprint density at radius 3 is 2.17 bits per heavy atom. The van der Waals surface area contributed by atoms with Crippen molar-refractivity contribution in [1.29, 1.82) is 0 Å². The first kappa shape index (κ1) is 13.6. The van der Waals surface area contributed by atoms with Crippen LogP contribution in [0.25, 0.3) is 33.3 Å². The van der Waals surface area contributed by atoms with Gasteiger partial charge in [0.2, 0.25) is 0 Å². The third kappa shape index (κ3) is 2.59. The van der Waals surface area contributed by atoms with E-state index in [9.17, 15) is 4.39 Å². The summed E-state index contributed by atoms with van der Waals surface area (Å²) >= 11 is 0. The van der Waals surface area contributed by atoms with Gasteiger partial charge >= 0.3 is 0 Å². The van der Waals surface area contributed by atoms with Crippen molar-refractivity contribution in [3.8, 4) is 22.4 Å². The van der Waals surface area contributed by atoms with Crippen LogP contribution in [0.2, 0.25) is 0 Å². The number of aromatic nitrogens is 1. The molecule has 0 radical (unpaired) electrons. The van der Waals surface area contributed by atoms with Crippen LogP contribution in [0.4, 0.5) is 4.39 Å². The molecular formula is C21H14FN. The Bertz CT molecular complexity index is 960. The van der Waals surface area contributed by atoms with Crippen molar-refractivity contribution in [3.63, 3.8) is 0 Å². The summed E-state index contributed by atoms with van der Waals surface area (Å²) in [7, 11) is 0. The van der Waals surface area contributed by atoms with E-state index in [-0.39, 0.29) is 5.82 Å². The number of nitrogens with zero attached hydrogens (tertiary/aromatic N) is 1. The molecular weight excluding hydrogens is 285 g/mol. The van der Waals surface area contributed by atoms with Gasteiger partial charge in [0.1, 0.15) is 5.82 Å². The van der Waals surface area contributed by atoms with Crippen LogP contribution in [0.15, 0.2) is 84.9 Å². The van der Waals surface area contributed by atoms with Crippen molar-refractivity contribution in [2.75, 3.05) is 0 Å². The Morgan fingerprint density at radius 1 is 0.609 bits per heavy atom. The summed E-state index contributed by atoms with van der Waals surface area (Å²) in [4.78, 5) is 4.78. The van der Waals surface area contributed by atoms with Crippen molar-refractivity contribution in [2.45, 2.75) is 0 Å². The van der Waals surface area contributed by atoms with E-state index in [4.69, 9.17) is 4.98 Å². The Morgan fingerprint density at radius 2 is 1.39 bits per heavy atom. The molecule has 0 unspecified atom stereocenters. The predicted molar refractivity (Wildman–Crippen MR) is 92.6 cm³/mol. The number of halogens is 1. The molecule has 0 aliphatic carbocycles. The van der Waals surface area contributed by atoms with Gasteiger partial charge in [-0.1, -0.05) is 60.7 Å². The number of rotatable bonds is 2. The van der Waals surface area contributed by atoms with E-state index in [1.807, 2.05) is 42.5 Å². The molecule has 4 aromatic rings. The van der Waals surface area contributed by atoms with Crippen molar-refractivity contribution < 1.29 is 4.39 Å². The van der Waals surface area contributed by atoms with Crippen LogP contribution in [0.5, 0.6) is 0 Å². The first-order valence-corrected chi connectivity index (χ1v) is 7.52. The molecule has 0 aliphatic heterocycles. The van der Waals surface area contributed by atoms with E-state index in [1.165, 1.54) is 12.1 Å². The van der Waals surface area contributed by atoms with Crippen LogP contribution >= 0.6 is 0 Å². The van der Waals surface area contributed by atoms with Crippen molar-refractivity contribution in [1.82, 2.24) is 4.98 Å². The molecule has 4 rings (SSSR count). The molecule has 1 heterocycles. The van der Waals surface area contributed by atoms with E-state index in [0.717, 1.165) is 33.3 Å². The van der Waals surface area contributed by atoms with E-state index >= 15 is 0 Å². The topological polar surface area (TPSA) is 12.9 Å². The summed E-state index contributed by atoms with van der Waals surface area (Å²) in [5, 5.41) is 1.07. The third-order valence-electron chi connectivity index (χ3n) is 3.96. The van der Waals surface area contributed by atoms with Crippen LogP contribution in [-0.2, 0) is 0 Å². The van der Waals surface area contributed by atoms with Crippen LogP contribution in [0.1, 0.15) is 0 Å². The highest BCUT2D eigenvalue weighted by Crippen LogP contribution is 2.29. The van der Waals surface area contributed by atoms with Gasteiger partial charge in [0.25, 0.3) is 0 Å². The van der Waals surface area contributed by atoms with Gasteiger partial charge in [-0.3, -0.25) is 0 Å². The highest BCUT2D eigenvalue weighted by Gasteiger charge is 2.06. The summed E-state index contributed by atoms with van der Waals surface area (Å²) in [6.45, 7) is 0. The molecule has 0 bridgehead atoms. The lowest BCUT2D eigenvalue weighted by atomic mass is 10.00. The summed E-state index contributed by atoms with van der Waals surface area (Å²) in [6.07, 6.45) is 0. The molecule has 2 heteroatoms. The van der Waals surface area contributed by atoms with Crippen LogP contribution in [0.3, 0.4) is 0 Å². The normalized spacial score (nSPS) is 10.8. The van der Waals surface area contributed by atoms with Gasteiger partial charge in [0.05, 0.1) is 11.2 Å². The molecule has 3 aromatic carbocycles. The Balaban J connectivity index is 1.87. The summed E-state index contributed by atoms with van der Waals surface area (Å²) in [6, 6.07) is 26.9. The first-order chi connectivity index (χ1) is 11.3. The molecule has 0 amide bonds. The fourth-order valence-corrected chi connectivity index (χ4v) is 2.81. The first-order valence-electron chi connectivity index (χ1n) is 7.52. The van der Waals surface area contributed by atoms with E-state index in [0.29, 0.717) is 0 Å². The highest BCUT2D eigenvalue weighted by molar-refractivity contribution is 5.95. The molecule has 110 valence electrons. The van der Waals surface area contributed by atoms with Gasteiger partial charge in [-0.25, -0.2) is 9.37 Å². The van der Waals surface area contributed by atoms with Crippen molar-refractivity contribution in [3.05, 3.63) is 90.7 Å². The minimum absolute atomic E-state index is 0.224. The molecule has 1 nitrogen and oxygen atoms in total. The van der Waals surface area contributed by atoms with Gasteiger partial charge in [-0.15, -0.1) is 0 Å². The molecule has 0 spiro atoms. The fourth-order valence-electron chi connectivity index (χ4n) is 2.81. The van der Waals surface area contributed by atoms with Gasteiger partial charge in [-0.2, -0.15) is 0 Å². The molecule has 0 aliphatic rings. The Hall–Kier alpha value is -3.00. The highest BCUT2D eigenvalue weighted by atomic mass is 19.1. The van der Waals surface area contributed by atoms with Gasteiger partial charge < -0.3 is 0 Å². The van der Waals surface area contributed by atoms with Crippen LogP contribution < -0.4 is 0 Å². The second kappa shape index (κ2) is 5.65. The van der Waals surface area contributed by atoms with Gasteiger partial charge in [0.15, 0.2) is 0 Å². The fraction of sp³-hybridized carbons (Fsp3) is 0. The van der Waals surface area contributed by atoms with Gasteiger partial charge in [0, 0.05) is 10.9 Å². The lowest BCUT2D eigenvalue weighted by molar-refractivity contribution is 0.628. The number of pyridine rings is 1. The molecule has 0 N–H and O–H groups in total. The Kier molecular flexibility index (Phi) is 3.35. The number of hydrogen-bond acceptors (Lipinski definition) is 1. The smallest absolute Gasteiger partial charge is 0.123 e. The standard InChI is InChI=1S/C21H14FN/c22-17-11-9-15(10-12-17)18-7-4-8-21-19(18)13-14-20(23-21)16-5-2-1-3-6-16/h1-14H. The van der Waals surface area contributed by atoms with E-state index < -0.39 is 0 Å². The molecule has 0 saturated heterocycles. The second-order valence-electron chi connectivity index (χ2n) is 5.44. The van der Waals surface area contributed by atoms with Crippen LogP contribution in [0, 0.1) is 5.82 Å². The number of benzene rings is 3. The van der Waals surface area contributed by atoms with Gasteiger partial charge in [-0.05, 0) is 35.4 Å². The zero-order chi connectivity index (χ0) is 15.6. The lowest BCUT2D eigenvalue weighted by Crippen LogP contribution is -1.88. The zero-order valence-electron chi connectivity index (χ0n) is 12.4. The molecule has 0 saturated carbocycles. The largest absolute Gasteiger partial charge is 0.248 e. The molecule has 0 fully saturated rings. The summed E-state index contributed by atoms with van der Waals surface area (Å²) < 4.78 is 13.1. The van der Waals surface area contributed by atoms with Crippen molar-refractivity contribution >= 4 is 10.9 Å². The predicted octanol–water partition coefficient (Wildman–Crippen LogP) is 5.71. The van der Waals surface area contributed by atoms with E-state index in [1.54, 1.807) is 12.1 Å². The zero-order valence-corrected chi connectivity index (χ0v) is 12.4.